The zero-order chi connectivity index (χ0) is 13.5. The number of hydrogen-bond donors (Lipinski definition) is 2. The lowest BCUT2D eigenvalue weighted by molar-refractivity contribution is -0.146. The average molecular weight is 254 g/mol. The second kappa shape index (κ2) is 4.46. The van der Waals surface area contributed by atoms with E-state index < -0.39 is 29.8 Å². The van der Waals surface area contributed by atoms with Crippen molar-refractivity contribution in [2.45, 2.75) is 45.1 Å². The Morgan fingerprint density at radius 2 is 2.11 bits per heavy atom. The number of aliphatic hydroxyl groups is 1. The number of aliphatic hydroxyl groups excluding tert-OH is 1. The second-order valence-corrected chi connectivity index (χ2v) is 5.64. The van der Waals surface area contributed by atoms with Crippen LogP contribution >= 0.6 is 0 Å². The topological polar surface area (TPSA) is 91.7 Å². The van der Waals surface area contributed by atoms with Crippen molar-refractivity contribution < 1.29 is 24.6 Å². The summed E-state index contributed by atoms with van der Waals surface area (Å²) < 4.78 is 0. The maximum absolute atomic E-state index is 11.9. The van der Waals surface area contributed by atoms with Crippen LogP contribution in [0.25, 0.3) is 0 Å². The van der Waals surface area contributed by atoms with E-state index in [1.165, 1.54) is 0 Å². The van der Waals surface area contributed by atoms with Gasteiger partial charge in [0.2, 0.25) is 0 Å². The Labute approximate surface area is 105 Å². The van der Waals surface area contributed by atoms with Crippen molar-refractivity contribution in [2.75, 3.05) is 0 Å². The third kappa shape index (κ3) is 1.96. The highest BCUT2D eigenvalue weighted by atomic mass is 16.4. The summed E-state index contributed by atoms with van der Waals surface area (Å²) in [6.07, 6.45) is 0.210. The molecule has 0 radical (unpaired) electrons. The van der Waals surface area contributed by atoms with Gasteiger partial charge in [0.15, 0.2) is 0 Å². The second-order valence-electron chi connectivity index (χ2n) is 5.64. The van der Waals surface area contributed by atoms with E-state index in [1.807, 2.05) is 6.92 Å². The van der Waals surface area contributed by atoms with Crippen molar-refractivity contribution in [3.8, 4) is 0 Å². The van der Waals surface area contributed by atoms with Gasteiger partial charge in [-0.15, -0.1) is 0 Å². The zero-order valence-electron chi connectivity index (χ0n) is 10.4. The molecule has 2 aliphatic rings. The van der Waals surface area contributed by atoms with Crippen molar-refractivity contribution in [3.05, 3.63) is 0 Å². The van der Waals surface area contributed by atoms with Gasteiger partial charge in [-0.3, -0.25) is 14.4 Å². The third-order valence-corrected chi connectivity index (χ3v) is 4.63. The van der Waals surface area contributed by atoms with Crippen LogP contribution < -0.4 is 0 Å². The van der Waals surface area contributed by atoms with Crippen LogP contribution in [-0.4, -0.2) is 33.9 Å². The normalized spacial score (nSPS) is 37.4. The summed E-state index contributed by atoms with van der Waals surface area (Å²) in [7, 11) is 0. The Morgan fingerprint density at radius 1 is 1.44 bits per heavy atom. The molecule has 5 nitrogen and oxygen atoms in total. The summed E-state index contributed by atoms with van der Waals surface area (Å²) in [5.41, 5.74) is -0.544. The fourth-order valence-corrected chi connectivity index (χ4v) is 3.56. The predicted molar refractivity (Wildman–Crippen MR) is 61.8 cm³/mol. The minimum Gasteiger partial charge on any atom is -0.481 e. The first-order valence-electron chi connectivity index (χ1n) is 6.32. The van der Waals surface area contributed by atoms with Crippen LogP contribution in [0.5, 0.6) is 0 Å². The van der Waals surface area contributed by atoms with Crippen molar-refractivity contribution in [1.29, 1.82) is 0 Å². The Bertz CT molecular complexity index is 402. The molecule has 100 valence electrons. The van der Waals surface area contributed by atoms with E-state index in [0.29, 0.717) is 19.3 Å². The Balaban J connectivity index is 2.24. The smallest absolute Gasteiger partial charge is 0.305 e. The van der Waals surface area contributed by atoms with Crippen molar-refractivity contribution in [2.24, 2.45) is 17.3 Å². The Kier molecular flexibility index (Phi) is 3.27. The molecule has 0 heterocycles. The highest BCUT2D eigenvalue weighted by molar-refractivity contribution is 5.92. The summed E-state index contributed by atoms with van der Waals surface area (Å²) in [5.74, 6) is -1.95. The number of Topliss-reactive ketones (excluding diaryl/α,β-unsaturated/α-hetero) is 2. The molecule has 18 heavy (non-hydrogen) atoms. The molecule has 0 aromatic rings. The molecule has 4 atom stereocenters. The molecule has 2 saturated carbocycles. The van der Waals surface area contributed by atoms with E-state index >= 15 is 0 Å². The molecular formula is C13H18O5. The molecule has 2 fully saturated rings. The molecule has 2 N–H and O–H groups in total. The van der Waals surface area contributed by atoms with Crippen LogP contribution in [-0.2, 0) is 14.4 Å². The van der Waals surface area contributed by atoms with Crippen molar-refractivity contribution in [1.82, 2.24) is 0 Å². The van der Waals surface area contributed by atoms with Crippen molar-refractivity contribution >= 4 is 17.5 Å². The van der Waals surface area contributed by atoms with Gasteiger partial charge >= 0.3 is 5.97 Å². The van der Waals surface area contributed by atoms with E-state index in [1.54, 1.807) is 0 Å². The number of aliphatic carboxylic acids is 1. The first-order valence-corrected chi connectivity index (χ1v) is 6.32. The monoisotopic (exact) mass is 254 g/mol. The Hall–Kier alpha value is -1.23. The minimum absolute atomic E-state index is 0.0964. The molecule has 0 saturated heterocycles. The molecule has 0 aliphatic heterocycles. The first-order chi connectivity index (χ1) is 8.36. The standard InChI is InChI=1S/C13H18O5/c1-13-5-4-8(14)12(9(15)6-11(17)18)7(13)2-3-10(13)16/h7,9,12,15H,2-6H2,1H3,(H,17,18)/t7-,9?,12-,13-/m0/s1. The van der Waals surface area contributed by atoms with Crippen LogP contribution in [0.15, 0.2) is 0 Å². The number of rotatable bonds is 3. The quantitative estimate of drug-likeness (QED) is 0.776. The largest absolute Gasteiger partial charge is 0.481 e. The molecule has 0 aromatic heterocycles. The van der Waals surface area contributed by atoms with Crippen LogP contribution in [0.2, 0.25) is 0 Å². The van der Waals surface area contributed by atoms with Gasteiger partial charge in [-0.05, 0) is 18.8 Å². The lowest BCUT2D eigenvalue weighted by Crippen LogP contribution is -2.47. The van der Waals surface area contributed by atoms with Gasteiger partial charge in [0.1, 0.15) is 11.6 Å². The lowest BCUT2D eigenvalue weighted by Gasteiger charge is -2.41. The van der Waals surface area contributed by atoms with Gasteiger partial charge < -0.3 is 10.2 Å². The van der Waals surface area contributed by atoms with Crippen LogP contribution in [0.3, 0.4) is 0 Å². The maximum Gasteiger partial charge on any atom is 0.305 e. The lowest BCUT2D eigenvalue weighted by atomic mass is 9.62. The fraction of sp³-hybridized carbons (Fsp3) is 0.769. The number of carboxylic acid groups (broad SMARTS) is 1. The summed E-state index contributed by atoms with van der Waals surface area (Å²) in [4.78, 5) is 34.5. The third-order valence-electron chi connectivity index (χ3n) is 4.63. The van der Waals surface area contributed by atoms with Crippen molar-refractivity contribution in [3.63, 3.8) is 0 Å². The summed E-state index contributed by atoms with van der Waals surface area (Å²) in [6.45, 7) is 1.85. The number of fused-ring (bicyclic) bond motifs is 1. The number of ketones is 2. The van der Waals surface area contributed by atoms with Crippen LogP contribution in [0, 0.1) is 17.3 Å². The number of carbonyl (C=O) groups is 3. The molecule has 0 bridgehead atoms. The number of carbonyl (C=O) groups excluding carboxylic acids is 2. The van der Waals surface area contributed by atoms with Crippen LogP contribution in [0.4, 0.5) is 0 Å². The summed E-state index contributed by atoms with van der Waals surface area (Å²) in [6, 6.07) is 0. The molecule has 2 aliphatic carbocycles. The van der Waals surface area contributed by atoms with E-state index in [2.05, 4.69) is 0 Å². The van der Waals surface area contributed by atoms with E-state index in [4.69, 9.17) is 5.11 Å². The van der Waals surface area contributed by atoms with Gasteiger partial charge in [0, 0.05) is 24.2 Å². The first kappa shape index (κ1) is 13.2. The molecular weight excluding hydrogens is 236 g/mol. The van der Waals surface area contributed by atoms with Gasteiger partial charge in [-0.25, -0.2) is 0 Å². The molecule has 0 aromatic carbocycles. The minimum atomic E-state index is -1.18. The van der Waals surface area contributed by atoms with E-state index in [0.717, 1.165) is 0 Å². The summed E-state index contributed by atoms with van der Waals surface area (Å²) >= 11 is 0. The highest BCUT2D eigenvalue weighted by Crippen LogP contribution is 2.52. The molecule has 5 heteroatoms. The fourth-order valence-electron chi connectivity index (χ4n) is 3.56. The van der Waals surface area contributed by atoms with Gasteiger partial charge in [0.05, 0.1) is 12.5 Å². The molecule has 2 rings (SSSR count). The van der Waals surface area contributed by atoms with Gasteiger partial charge in [0.25, 0.3) is 0 Å². The van der Waals surface area contributed by atoms with E-state index in [9.17, 15) is 19.5 Å². The highest BCUT2D eigenvalue weighted by Gasteiger charge is 2.55. The SMILES string of the molecule is C[C@]12CCC(=O)[C@@H](C(O)CC(=O)O)[C@@H]1CCC2=O. The summed E-state index contributed by atoms with van der Waals surface area (Å²) in [5, 5.41) is 18.7. The maximum atomic E-state index is 11.9. The predicted octanol–water partition coefficient (Wildman–Crippen LogP) is 0.786. The van der Waals surface area contributed by atoms with Crippen LogP contribution in [0.1, 0.15) is 39.0 Å². The van der Waals surface area contributed by atoms with Gasteiger partial charge in [-0.1, -0.05) is 6.92 Å². The number of carboxylic acids is 1. The molecule has 1 unspecified atom stereocenters. The van der Waals surface area contributed by atoms with Gasteiger partial charge in [-0.2, -0.15) is 0 Å². The number of hydrogen-bond acceptors (Lipinski definition) is 4. The molecule has 0 spiro atoms. The zero-order valence-corrected chi connectivity index (χ0v) is 10.4. The molecule has 0 amide bonds. The average Bonchev–Trinajstić information content (AvgIpc) is 2.55. The van der Waals surface area contributed by atoms with E-state index in [-0.39, 0.29) is 23.9 Å². The Morgan fingerprint density at radius 3 is 2.72 bits per heavy atom.